The molecule has 0 aliphatic heterocycles. The lowest BCUT2D eigenvalue weighted by molar-refractivity contribution is -0.120. The van der Waals surface area contributed by atoms with Gasteiger partial charge < -0.3 is 10.6 Å². The topological polar surface area (TPSA) is 41.1 Å². The summed E-state index contributed by atoms with van der Waals surface area (Å²) in [6.07, 6.45) is 8.12. The highest BCUT2D eigenvalue weighted by molar-refractivity contribution is 7.98. The molecule has 1 aromatic rings. The van der Waals surface area contributed by atoms with Crippen LogP contribution in [0, 0.1) is 0 Å². The highest BCUT2D eigenvalue weighted by Gasteiger charge is 2.15. The van der Waals surface area contributed by atoms with Crippen molar-refractivity contribution >= 4 is 23.4 Å². The molecule has 1 saturated carbocycles. The lowest BCUT2D eigenvalue weighted by Crippen LogP contribution is -2.39. The molecule has 1 fully saturated rings. The summed E-state index contributed by atoms with van der Waals surface area (Å²) in [6.45, 7) is 0.356. The lowest BCUT2D eigenvalue weighted by atomic mass is 9.95. The summed E-state index contributed by atoms with van der Waals surface area (Å²) in [5.41, 5.74) is 0.997. The van der Waals surface area contributed by atoms with E-state index in [1.54, 1.807) is 11.8 Å². The summed E-state index contributed by atoms with van der Waals surface area (Å²) in [6, 6.07) is 8.54. The fourth-order valence-electron chi connectivity index (χ4n) is 2.42. The van der Waals surface area contributed by atoms with E-state index in [2.05, 4.69) is 29.0 Å². The van der Waals surface area contributed by atoms with Gasteiger partial charge in [-0.3, -0.25) is 4.79 Å². The predicted octanol–water partition coefficient (Wildman–Crippen LogP) is 3.27. The number of rotatable bonds is 5. The molecule has 2 rings (SSSR count). The van der Waals surface area contributed by atoms with Crippen LogP contribution in [0.25, 0.3) is 0 Å². The summed E-state index contributed by atoms with van der Waals surface area (Å²) in [4.78, 5) is 13.1. The fourth-order valence-corrected chi connectivity index (χ4v) is 2.83. The first-order valence-corrected chi connectivity index (χ1v) is 8.17. The van der Waals surface area contributed by atoms with Crippen LogP contribution in [-0.4, -0.2) is 24.7 Å². The molecule has 2 N–H and O–H groups in total. The molecule has 0 spiro atoms. The maximum atomic E-state index is 11.8. The number of hydrogen-bond donors (Lipinski definition) is 2. The number of nitrogens with one attached hydrogen (secondary N) is 2. The Kier molecular flexibility index (Phi) is 5.58. The Labute approximate surface area is 119 Å². The number of carbonyl (C=O) groups excluding carboxylic acids is 1. The highest BCUT2D eigenvalue weighted by atomic mass is 32.2. The van der Waals surface area contributed by atoms with Crippen LogP contribution in [0.3, 0.4) is 0 Å². The van der Waals surface area contributed by atoms with E-state index in [4.69, 9.17) is 0 Å². The maximum absolute atomic E-state index is 11.8. The van der Waals surface area contributed by atoms with E-state index in [1.807, 2.05) is 12.1 Å². The van der Waals surface area contributed by atoms with Crippen LogP contribution in [0.4, 0.5) is 5.69 Å². The Morgan fingerprint density at radius 2 is 1.89 bits per heavy atom. The summed E-state index contributed by atoms with van der Waals surface area (Å²) < 4.78 is 0. The third-order valence-corrected chi connectivity index (χ3v) is 4.26. The second-order valence-electron chi connectivity index (χ2n) is 4.98. The Bertz CT molecular complexity index is 399. The first kappa shape index (κ1) is 14.3. The number of anilines is 1. The molecular weight excluding hydrogens is 256 g/mol. The van der Waals surface area contributed by atoms with E-state index < -0.39 is 0 Å². The van der Waals surface area contributed by atoms with E-state index in [1.165, 1.54) is 24.2 Å². The molecule has 1 aliphatic carbocycles. The Morgan fingerprint density at radius 3 is 2.53 bits per heavy atom. The van der Waals surface area contributed by atoms with Crippen molar-refractivity contribution in [3.05, 3.63) is 24.3 Å². The van der Waals surface area contributed by atoms with Crippen molar-refractivity contribution in [1.29, 1.82) is 0 Å². The van der Waals surface area contributed by atoms with Gasteiger partial charge in [0.2, 0.25) is 5.91 Å². The quantitative estimate of drug-likeness (QED) is 0.812. The zero-order valence-corrected chi connectivity index (χ0v) is 12.3. The van der Waals surface area contributed by atoms with Gasteiger partial charge in [0.1, 0.15) is 0 Å². The summed E-state index contributed by atoms with van der Waals surface area (Å²) in [5, 5.41) is 6.27. The van der Waals surface area contributed by atoms with Gasteiger partial charge in [0.15, 0.2) is 0 Å². The molecule has 1 aliphatic rings. The minimum Gasteiger partial charge on any atom is -0.376 e. The number of carbonyl (C=O) groups is 1. The standard InChI is InChI=1S/C15H22N2OS/c1-19-14-9-7-12(8-10-14)16-11-15(18)17-13-5-3-2-4-6-13/h7-10,13,16H,2-6,11H2,1H3,(H,17,18). The van der Waals surface area contributed by atoms with Crippen LogP contribution in [0.1, 0.15) is 32.1 Å². The zero-order valence-electron chi connectivity index (χ0n) is 11.4. The Morgan fingerprint density at radius 1 is 1.21 bits per heavy atom. The van der Waals surface area contributed by atoms with Gasteiger partial charge in [-0.25, -0.2) is 0 Å². The minimum atomic E-state index is 0.0980. The number of hydrogen-bond acceptors (Lipinski definition) is 3. The van der Waals surface area contributed by atoms with Crippen molar-refractivity contribution in [2.24, 2.45) is 0 Å². The smallest absolute Gasteiger partial charge is 0.239 e. The van der Waals surface area contributed by atoms with E-state index in [0.717, 1.165) is 18.5 Å². The summed E-state index contributed by atoms with van der Waals surface area (Å²) >= 11 is 1.72. The molecule has 0 radical (unpaired) electrons. The average Bonchev–Trinajstić information content (AvgIpc) is 2.47. The van der Waals surface area contributed by atoms with Gasteiger partial charge in [-0.2, -0.15) is 0 Å². The molecule has 0 aromatic heterocycles. The van der Waals surface area contributed by atoms with E-state index in [-0.39, 0.29) is 5.91 Å². The first-order valence-electron chi connectivity index (χ1n) is 6.95. The number of benzene rings is 1. The van der Waals surface area contributed by atoms with E-state index >= 15 is 0 Å². The molecule has 4 heteroatoms. The lowest BCUT2D eigenvalue weighted by Gasteiger charge is -2.22. The monoisotopic (exact) mass is 278 g/mol. The maximum Gasteiger partial charge on any atom is 0.239 e. The molecule has 1 amide bonds. The molecule has 3 nitrogen and oxygen atoms in total. The van der Waals surface area contributed by atoms with Gasteiger partial charge in [0, 0.05) is 16.6 Å². The van der Waals surface area contributed by atoms with Crippen molar-refractivity contribution in [3.63, 3.8) is 0 Å². The van der Waals surface area contributed by atoms with Crippen LogP contribution in [-0.2, 0) is 4.79 Å². The van der Waals surface area contributed by atoms with Crippen molar-refractivity contribution in [3.8, 4) is 0 Å². The average molecular weight is 278 g/mol. The van der Waals surface area contributed by atoms with Crippen LogP contribution < -0.4 is 10.6 Å². The first-order chi connectivity index (χ1) is 9.28. The zero-order chi connectivity index (χ0) is 13.5. The third kappa shape index (κ3) is 4.78. The van der Waals surface area contributed by atoms with Crippen LogP contribution in [0.5, 0.6) is 0 Å². The molecule has 104 valence electrons. The molecule has 0 saturated heterocycles. The van der Waals surface area contributed by atoms with E-state index in [9.17, 15) is 4.79 Å². The van der Waals surface area contributed by atoms with Crippen molar-refractivity contribution in [1.82, 2.24) is 5.32 Å². The molecule has 19 heavy (non-hydrogen) atoms. The van der Waals surface area contributed by atoms with Crippen molar-refractivity contribution < 1.29 is 4.79 Å². The van der Waals surface area contributed by atoms with Gasteiger partial charge in [-0.15, -0.1) is 11.8 Å². The molecule has 0 unspecified atom stereocenters. The van der Waals surface area contributed by atoms with Gasteiger partial charge in [-0.1, -0.05) is 19.3 Å². The second kappa shape index (κ2) is 7.43. The molecular formula is C15H22N2OS. The van der Waals surface area contributed by atoms with Crippen molar-refractivity contribution in [2.75, 3.05) is 18.1 Å². The molecule has 0 atom stereocenters. The Balaban J connectivity index is 1.72. The van der Waals surface area contributed by atoms with Crippen LogP contribution >= 0.6 is 11.8 Å². The highest BCUT2D eigenvalue weighted by Crippen LogP contribution is 2.18. The van der Waals surface area contributed by atoms with Gasteiger partial charge >= 0.3 is 0 Å². The van der Waals surface area contributed by atoms with Gasteiger partial charge in [-0.05, 0) is 43.4 Å². The van der Waals surface area contributed by atoms with E-state index in [0.29, 0.717) is 12.6 Å². The fraction of sp³-hybridized carbons (Fsp3) is 0.533. The SMILES string of the molecule is CSc1ccc(NCC(=O)NC2CCCCC2)cc1. The normalized spacial score (nSPS) is 16.1. The van der Waals surface area contributed by atoms with Gasteiger partial charge in [0.05, 0.1) is 6.54 Å². The number of thioether (sulfide) groups is 1. The largest absolute Gasteiger partial charge is 0.376 e. The summed E-state index contributed by atoms with van der Waals surface area (Å²) in [7, 11) is 0. The second-order valence-corrected chi connectivity index (χ2v) is 5.86. The number of amides is 1. The van der Waals surface area contributed by atoms with Gasteiger partial charge in [0.25, 0.3) is 0 Å². The van der Waals surface area contributed by atoms with Crippen LogP contribution in [0.15, 0.2) is 29.2 Å². The predicted molar refractivity (Wildman–Crippen MR) is 81.7 cm³/mol. The molecule has 0 heterocycles. The van der Waals surface area contributed by atoms with Crippen molar-refractivity contribution in [2.45, 2.75) is 43.0 Å². The Hall–Kier alpha value is -1.16. The third-order valence-electron chi connectivity index (χ3n) is 3.51. The minimum absolute atomic E-state index is 0.0980. The molecule has 0 bridgehead atoms. The summed E-state index contributed by atoms with van der Waals surface area (Å²) in [5.74, 6) is 0.0980. The van der Waals surface area contributed by atoms with Crippen LogP contribution in [0.2, 0.25) is 0 Å². The molecule has 1 aromatic carbocycles.